The number of oxazole rings is 1. The van der Waals surface area contributed by atoms with Gasteiger partial charge in [-0.25, -0.2) is 23.5 Å². The molecule has 1 aromatic carbocycles. The number of benzene rings is 1. The van der Waals surface area contributed by atoms with Gasteiger partial charge in [-0.1, -0.05) is 12.1 Å². The van der Waals surface area contributed by atoms with E-state index >= 15 is 0 Å². The molecule has 4 fully saturated rings. The minimum absolute atomic E-state index is 0.0245. The molecule has 3 amide bonds. The molecule has 3 N–H and O–H groups in total. The van der Waals surface area contributed by atoms with Crippen LogP contribution in [0, 0.1) is 17.8 Å². The largest absolute Gasteiger partial charge is 0.444 e. The third-order valence-corrected chi connectivity index (χ3v) is 13.4. The molecule has 18 heteroatoms. The first kappa shape index (κ1) is 43.5. The van der Waals surface area contributed by atoms with Crippen LogP contribution in [0.15, 0.2) is 58.2 Å². The average molecular weight is 883 g/mol. The van der Waals surface area contributed by atoms with Gasteiger partial charge < -0.3 is 24.7 Å². The molecule has 64 heavy (non-hydrogen) atoms. The highest BCUT2D eigenvalue weighted by atomic mass is 19.3. The molecule has 1 unspecified atom stereocenters. The number of imide groups is 1. The fraction of sp³-hybridized carbons (Fsp3) is 0.543. The van der Waals surface area contributed by atoms with Gasteiger partial charge in [0, 0.05) is 57.7 Å². The number of para-hydroxylation sites is 1. The second-order valence-electron chi connectivity index (χ2n) is 18.0. The zero-order chi connectivity index (χ0) is 44.3. The number of nitrogens with one attached hydrogen (secondary N) is 3. The number of aromatic nitrogens is 6. The lowest BCUT2D eigenvalue weighted by atomic mass is 9.85. The number of nitrogens with zero attached hydrogens (tertiary/aromatic N) is 7. The molecular formula is C46H56F2N10O6. The Balaban J connectivity index is 0.697. The first-order chi connectivity index (χ1) is 31.1. The van der Waals surface area contributed by atoms with Crippen molar-refractivity contribution in [2.24, 2.45) is 24.8 Å². The summed E-state index contributed by atoms with van der Waals surface area (Å²) in [5, 5.41) is 12.5. The number of pyridine rings is 1. The summed E-state index contributed by atoms with van der Waals surface area (Å²) in [6.07, 6.45) is 11.7. The summed E-state index contributed by atoms with van der Waals surface area (Å²) in [5.74, 6) is 1.21. The number of anilines is 2. The molecule has 2 aliphatic carbocycles. The highest BCUT2D eigenvalue weighted by Crippen LogP contribution is 2.36. The second kappa shape index (κ2) is 19.2. The quantitative estimate of drug-likeness (QED) is 0.0670. The molecule has 16 nitrogen and oxygen atoms in total. The van der Waals surface area contributed by atoms with E-state index in [0.29, 0.717) is 54.3 Å². The van der Waals surface area contributed by atoms with E-state index in [4.69, 9.17) is 9.15 Å². The van der Waals surface area contributed by atoms with Crippen LogP contribution in [0.3, 0.4) is 0 Å². The van der Waals surface area contributed by atoms with Crippen molar-refractivity contribution in [1.82, 2.24) is 39.1 Å². The third kappa shape index (κ3) is 9.82. The Kier molecular flexibility index (Phi) is 13.0. The van der Waals surface area contributed by atoms with Crippen LogP contribution < -0.4 is 21.6 Å². The van der Waals surface area contributed by atoms with Gasteiger partial charge >= 0.3 is 5.69 Å². The number of imidazole rings is 1. The number of amides is 3. The van der Waals surface area contributed by atoms with Crippen molar-refractivity contribution in [3.8, 4) is 11.5 Å². The molecule has 340 valence electrons. The number of carbonyl (C=O) groups excluding carboxylic acids is 3. The lowest BCUT2D eigenvalue weighted by molar-refractivity contribution is -0.135. The molecule has 2 aliphatic heterocycles. The highest BCUT2D eigenvalue weighted by molar-refractivity contribution is 6.03. The number of hydrogen-bond donors (Lipinski definition) is 3. The molecule has 9 rings (SSSR count). The maximum atomic E-state index is 14.2. The molecule has 0 radical (unpaired) electrons. The molecule has 2 saturated carbocycles. The highest BCUT2D eigenvalue weighted by Gasteiger charge is 2.33. The second-order valence-corrected chi connectivity index (χ2v) is 18.0. The third-order valence-electron chi connectivity index (χ3n) is 13.4. The van der Waals surface area contributed by atoms with Gasteiger partial charge in [-0.15, -0.1) is 0 Å². The smallest absolute Gasteiger partial charge is 0.329 e. The lowest BCUT2D eigenvalue weighted by Crippen LogP contribution is -2.44. The van der Waals surface area contributed by atoms with Gasteiger partial charge in [-0.05, 0) is 125 Å². The van der Waals surface area contributed by atoms with Gasteiger partial charge in [-0.2, -0.15) is 5.10 Å². The van der Waals surface area contributed by atoms with E-state index in [1.54, 1.807) is 34.6 Å². The molecule has 2 saturated heterocycles. The van der Waals surface area contributed by atoms with Crippen molar-refractivity contribution in [2.45, 2.75) is 95.6 Å². The Bertz CT molecular complexity index is 2530. The van der Waals surface area contributed by atoms with Crippen LogP contribution in [-0.4, -0.2) is 90.9 Å². The summed E-state index contributed by atoms with van der Waals surface area (Å²) in [4.78, 5) is 62.0. The van der Waals surface area contributed by atoms with E-state index in [1.807, 2.05) is 18.2 Å². The summed E-state index contributed by atoms with van der Waals surface area (Å²) in [6.45, 7) is 5.22. The van der Waals surface area contributed by atoms with Crippen LogP contribution >= 0.6 is 0 Å². The summed E-state index contributed by atoms with van der Waals surface area (Å²) >= 11 is 0. The zero-order valence-corrected chi connectivity index (χ0v) is 36.1. The number of aryl methyl sites for hydroxylation is 2. The molecule has 4 aromatic heterocycles. The minimum atomic E-state index is -2.86. The standard InChI is InChI=1S/C46H56F2N10O6/c1-55-41-31(4-2-6-36(41)58(46(55)62)37-13-14-39(59)53-44(37)61)5-3-21-63-26-30-16-19-56(20-17-30)24-29-9-11-33(12-10-29)57-25-34(40(54-57)42(47)48)51-43(60)35-27-64-45(52-35)32-15-18-49-38(22-32)50-23-28-7-8-28/h2,4,6,15,18,22,25,27-30,33,37,42H,3,5,7-14,16-17,19-21,23-24,26H2,1H3,(H,49,50)(H,51,60)(H,53,59,61)/t29-,33-,37?. The lowest BCUT2D eigenvalue weighted by Gasteiger charge is -2.36. The van der Waals surface area contributed by atoms with E-state index in [9.17, 15) is 28.0 Å². The van der Waals surface area contributed by atoms with Crippen LogP contribution in [0.5, 0.6) is 0 Å². The van der Waals surface area contributed by atoms with Crippen LogP contribution in [0.25, 0.3) is 22.5 Å². The number of halogens is 2. The van der Waals surface area contributed by atoms with Crippen molar-refractivity contribution in [3.63, 3.8) is 0 Å². The first-order valence-electron chi connectivity index (χ1n) is 22.7. The Labute approximate surface area is 369 Å². The van der Waals surface area contributed by atoms with Crippen LogP contribution in [0.2, 0.25) is 0 Å². The minimum Gasteiger partial charge on any atom is -0.444 e. The van der Waals surface area contributed by atoms with Crippen molar-refractivity contribution >= 4 is 40.3 Å². The number of rotatable bonds is 17. The number of likely N-dealkylation sites (tertiary alicyclic amines) is 1. The maximum absolute atomic E-state index is 14.2. The Morgan fingerprint density at radius 3 is 2.56 bits per heavy atom. The fourth-order valence-corrected chi connectivity index (χ4v) is 9.64. The van der Waals surface area contributed by atoms with Crippen molar-refractivity contribution in [3.05, 3.63) is 76.4 Å². The van der Waals surface area contributed by atoms with E-state index in [0.717, 1.165) is 88.6 Å². The average Bonchev–Trinajstić information content (AvgIpc) is 3.70. The summed E-state index contributed by atoms with van der Waals surface area (Å²) in [7, 11) is 1.73. The molecule has 0 spiro atoms. The fourth-order valence-electron chi connectivity index (χ4n) is 9.64. The Morgan fingerprint density at radius 1 is 1.00 bits per heavy atom. The normalized spacial score (nSPS) is 21.2. The molecule has 5 aromatic rings. The molecular weight excluding hydrogens is 827 g/mol. The van der Waals surface area contributed by atoms with Gasteiger partial charge in [-0.3, -0.25) is 33.5 Å². The van der Waals surface area contributed by atoms with Crippen LogP contribution in [-0.2, 0) is 27.8 Å². The summed E-state index contributed by atoms with van der Waals surface area (Å²) in [6, 6.07) is 8.58. The number of alkyl halides is 2. The predicted molar refractivity (Wildman–Crippen MR) is 234 cm³/mol. The van der Waals surface area contributed by atoms with E-state index in [1.165, 1.54) is 29.9 Å². The molecule has 0 bridgehead atoms. The van der Waals surface area contributed by atoms with Crippen molar-refractivity contribution in [1.29, 1.82) is 0 Å². The summed E-state index contributed by atoms with van der Waals surface area (Å²) < 4.78 is 44.8. The van der Waals surface area contributed by atoms with Gasteiger partial charge in [0.05, 0.1) is 22.8 Å². The maximum Gasteiger partial charge on any atom is 0.329 e. The Hall–Kier alpha value is -5.75. The topological polar surface area (TPSA) is 183 Å². The van der Waals surface area contributed by atoms with E-state index in [-0.39, 0.29) is 41.3 Å². The number of hydrogen-bond acceptors (Lipinski definition) is 11. The number of fused-ring (bicyclic) bond motifs is 1. The SMILES string of the molecule is Cn1c(=O)n(C2CCC(=O)NC2=O)c2cccc(CCCOCC3CCN(C[C@H]4CC[C@H](n5cc(NC(=O)c6coc(-c7ccnc(NCC8CC8)c7)n6)c(C(F)F)n5)CC4)CC3)c21. The Morgan fingerprint density at radius 2 is 1.80 bits per heavy atom. The monoisotopic (exact) mass is 882 g/mol. The first-order valence-corrected chi connectivity index (χ1v) is 22.7. The number of carbonyl (C=O) groups is 3. The van der Waals surface area contributed by atoms with Gasteiger partial charge in [0.15, 0.2) is 11.4 Å². The number of piperidine rings is 2. The molecule has 1 atom stereocenters. The van der Waals surface area contributed by atoms with Crippen molar-refractivity contribution in [2.75, 3.05) is 50.0 Å². The summed E-state index contributed by atoms with van der Waals surface area (Å²) in [5.41, 5.74) is 2.40. The zero-order valence-electron chi connectivity index (χ0n) is 36.1. The van der Waals surface area contributed by atoms with E-state index in [2.05, 4.69) is 35.9 Å². The predicted octanol–water partition coefficient (Wildman–Crippen LogP) is 6.67. The number of ether oxygens (including phenoxy) is 1. The van der Waals surface area contributed by atoms with E-state index < -0.39 is 30.0 Å². The molecule has 6 heterocycles. The van der Waals surface area contributed by atoms with Gasteiger partial charge in [0.1, 0.15) is 18.1 Å². The molecule has 4 aliphatic rings. The van der Waals surface area contributed by atoms with Crippen LogP contribution in [0.4, 0.5) is 20.3 Å². The van der Waals surface area contributed by atoms with Gasteiger partial charge in [0.2, 0.25) is 17.7 Å². The van der Waals surface area contributed by atoms with Crippen LogP contribution in [0.1, 0.15) is 111 Å². The van der Waals surface area contributed by atoms with Gasteiger partial charge in [0.25, 0.3) is 12.3 Å². The van der Waals surface area contributed by atoms with Crippen molar-refractivity contribution < 1.29 is 32.3 Å².